The highest BCUT2D eigenvalue weighted by Crippen LogP contribution is 2.33. The van der Waals surface area contributed by atoms with Crippen LogP contribution in [0.5, 0.6) is 0 Å². The van der Waals surface area contributed by atoms with Crippen LogP contribution in [0.2, 0.25) is 0 Å². The quantitative estimate of drug-likeness (QED) is 0.726. The van der Waals surface area contributed by atoms with Gasteiger partial charge in [-0.1, -0.05) is 42.7 Å². The van der Waals surface area contributed by atoms with Gasteiger partial charge in [-0.05, 0) is 59.3 Å². The largest absolute Gasteiger partial charge is 0.351 e. The number of aromatic nitrogens is 2. The molecular weight excluding hydrogens is 360 g/mol. The monoisotopic (exact) mass is 394 g/mol. The van der Waals surface area contributed by atoms with Crippen LogP contribution in [-0.2, 0) is 11.3 Å². The van der Waals surface area contributed by atoms with Gasteiger partial charge in [-0.3, -0.25) is 9.48 Å². The molecular formula is C24H34N4O. The molecule has 5 heteroatoms. The number of carbonyl (C=O) groups excluding carboxylic acids is 1. The Bertz CT molecular complexity index is 871. The van der Waals surface area contributed by atoms with Gasteiger partial charge in [0.2, 0.25) is 5.91 Å². The Morgan fingerprint density at radius 3 is 2.45 bits per heavy atom. The third-order valence-corrected chi connectivity index (χ3v) is 6.37. The number of amides is 1. The minimum atomic E-state index is -0.0387. The van der Waals surface area contributed by atoms with E-state index in [4.69, 9.17) is 0 Å². The van der Waals surface area contributed by atoms with Gasteiger partial charge in [0, 0.05) is 29.4 Å². The Hall–Kier alpha value is -2.40. The van der Waals surface area contributed by atoms with E-state index in [1.807, 2.05) is 17.7 Å². The molecule has 0 aliphatic heterocycles. The van der Waals surface area contributed by atoms with Gasteiger partial charge in [0.05, 0.1) is 12.2 Å². The number of benzene rings is 1. The van der Waals surface area contributed by atoms with Crippen molar-refractivity contribution in [3.05, 3.63) is 58.4 Å². The second-order valence-electron chi connectivity index (χ2n) is 8.60. The fourth-order valence-electron chi connectivity index (χ4n) is 4.26. The SMILES string of the molecule is Cc1ccc(Cn2nc(C)c(C=CC(=O)NCC3(N(C)C)CCCC3)c2C)cc1. The molecule has 3 rings (SSSR count). The normalized spacial score (nSPS) is 16.1. The van der Waals surface area contributed by atoms with Gasteiger partial charge in [-0.2, -0.15) is 5.10 Å². The lowest BCUT2D eigenvalue weighted by molar-refractivity contribution is -0.117. The molecule has 1 N–H and O–H groups in total. The molecule has 0 atom stereocenters. The minimum absolute atomic E-state index is 0.0387. The van der Waals surface area contributed by atoms with Gasteiger partial charge in [0.1, 0.15) is 0 Å². The fraction of sp³-hybridized carbons (Fsp3) is 0.500. The number of aryl methyl sites for hydroxylation is 2. The van der Waals surface area contributed by atoms with Crippen LogP contribution in [0.15, 0.2) is 30.3 Å². The topological polar surface area (TPSA) is 50.2 Å². The van der Waals surface area contributed by atoms with E-state index >= 15 is 0 Å². The standard InChI is InChI=1S/C24H34N4O/c1-18-8-10-21(11-9-18)16-28-20(3)22(19(2)26-28)12-13-23(29)25-17-24(27(4)5)14-6-7-15-24/h8-13H,6-7,14-17H2,1-5H3,(H,25,29). The number of nitrogens with zero attached hydrogens (tertiary/aromatic N) is 3. The molecule has 1 heterocycles. The first-order valence-corrected chi connectivity index (χ1v) is 10.5. The van der Waals surface area contributed by atoms with Crippen molar-refractivity contribution in [3.8, 4) is 0 Å². The molecule has 0 unspecified atom stereocenters. The lowest BCUT2D eigenvalue weighted by Gasteiger charge is -2.36. The first-order valence-electron chi connectivity index (χ1n) is 10.5. The van der Waals surface area contributed by atoms with Gasteiger partial charge in [0.25, 0.3) is 0 Å². The molecule has 0 radical (unpaired) electrons. The van der Waals surface area contributed by atoms with E-state index in [0.29, 0.717) is 6.54 Å². The van der Waals surface area contributed by atoms with Gasteiger partial charge in [0.15, 0.2) is 0 Å². The Kier molecular flexibility index (Phi) is 6.58. The number of rotatable bonds is 7. The highest BCUT2D eigenvalue weighted by molar-refractivity contribution is 5.92. The Morgan fingerprint density at radius 1 is 1.17 bits per heavy atom. The summed E-state index contributed by atoms with van der Waals surface area (Å²) >= 11 is 0. The van der Waals surface area contributed by atoms with E-state index in [9.17, 15) is 4.79 Å². The zero-order valence-electron chi connectivity index (χ0n) is 18.5. The zero-order valence-corrected chi connectivity index (χ0v) is 18.5. The average molecular weight is 395 g/mol. The summed E-state index contributed by atoms with van der Waals surface area (Å²) < 4.78 is 2.01. The lowest BCUT2D eigenvalue weighted by Crippen LogP contribution is -2.50. The summed E-state index contributed by atoms with van der Waals surface area (Å²) in [4.78, 5) is 14.7. The summed E-state index contributed by atoms with van der Waals surface area (Å²) in [5, 5.41) is 7.79. The summed E-state index contributed by atoms with van der Waals surface area (Å²) in [6.45, 7) is 7.58. The first-order chi connectivity index (χ1) is 13.8. The highest BCUT2D eigenvalue weighted by atomic mass is 16.1. The Balaban J connectivity index is 1.64. The first kappa shape index (κ1) is 21.3. The van der Waals surface area contributed by atoms with E-state index in [1.54, 1.807) is 6.08 Å². The molecule has 2 aromatic rings. The van der Waals surface area contributed by atoms with Crippen LogP contribution >= 0.6 is 0 Å². The van der Waals surface area contributed by atoms with Crippen LogP contribution in [0.1, 0.15) is 53.8 Å². The number of likely N-dealkylation sites (N-methyl/N-ethyl adjacent to an activating group) is 1. The van der Waals surface area contributed by atoms with Crippen LogP contribution < -0.4 is 5.32 Å². The molecule has 156 valence electrons. The van der Waals surface area contributed by atoms with Crippen molar-refractivity contribution < 1.29 is 4.79 Å². The van der Waals surface area contributed by atoms with Crippen molar-refractivity contribution in [2.45, 2.75) is 58.5 Å². The molecule has 1 aliphatic carbocycles. The van der Waals surface area contributed by atoms with Crippen molar-refractivity contribution in [3.63, 3.8) is 0 Å². The molecule has 1 aromatic heterocycles. The van der Waals surface area contributed by atoms with E-state index in [-0.39, 0.29) is 11.4 Å². The molecule has 1 amide bonds. The van der Waals surface area contributed by atoms with Gasteiger partial charge in [-0.25, -0.2) is 0 Å². The summed E-state index contributed by atoms with van der Waals surface area (Å²) in [5.74, 6) is -0.0387. The molecule has 1 fully saturated rings. The molecule has 5 nitrogen and oxygen atoms in total. The smallest absolute Gasteiger partial charge is 0.244 e. The second kappa shape index (κ2) is 8.95. The molecule has 29 heavy (non-hydrogen) atoms. The Morgan fingerprint density at radius 2 is 1.83 bits per heavy atom. The maximum atomic E-state index is 12.4. The lowest BCUT2D eigenvalue weighted by atomic mass is 9.96. The number of hydrogen-bond donors (Lipinski definition) is 1. The third-order valence-electron chi connectivity index (χ3n) is 6.37. The van der Waals surface area contributed by atoms with Crippen LogP contribution in [0, 0.1) is 20.8 Å². The van der Waals surface area contributed by atoms with Crippen molar-refractivity contribution in [2.75, 3.05) is 20.6 Å². The molecule has 0 spiro atoms. The van der Waals surface area contributed by atoms with E-state index in [2.05, 4.69) is 67.5 Å². The van der Waals surface area contributed by atoms with Crippen LogP contribution in [0.3, 0.4) is 0 Å². The van der Waals surface area contributed by atoms with E-state index in [1.165, 1.54) is 24.0 Å². The fourth-order valence-corrected chi connectivity index (χ4v) is 4.26. The van der Waals surface area contributed by atoms with Gasteiger partial charge in [-0.15, -0.1) is 0 Å². The predicted octanol–water partition coefficient (Wildman–Crippen LogP) is 3.86. The zero-order chi connectivity index (χ0) is 21.0. The van der Waals surface area contributed by atoms with E-state index < -0.39 is 0 Å². The average Bonchev–Trinajstić information content (AvgIpc) is 3.27. The predicted molar refractivity (Wildman–Crippen MR) is 119 cm³/mol. The highest BCUT2D eigenvalue weighted by Gasteiger charge is 2.35. The number of carbonyl (C=O) groups is 1. The molecule has 1 aromatic carbocycles. The number of hydrogen-bond acceptors (Lipinski definition) is 3. The van der Waals surface area contributed by atoms with Crippen LogP contribution in [-0.4, -0.2) is 46.8 Å². The maximum Gasteiger partial charge on any atom is 0.244 e. The minimum Gasteiger partial charge on any atom is -0.351 e. The summed E-state index contributed by atoms with van der Waals surface area (Å²) in [6.07, 6.45) is 8.31. The maximum absolute atomic E-state index is 12.4. The molecule has 1 aliphatic rings. The van der Waals surface area contributed by atoms with Gasteiger partial charge >= 0.3 is 0 Å². The van der Waals surface area contributed by atoms with Crippen molar-refractivity contribution in [1.29, 1.82) is 0 Å². The van der Waals surface area contributed by atoms with Crippen molar-refractivity contribution >= 4 is 12.0 Å². The number of nitrogens with one attached hydrogen (secondary N) is 1. The molecule has 0 bridgehead atoms. The second-order valence-corrected chi connectivity index (χ2v) is 8.60. The molecule has 0 saturated heterocycles. The third kappa shape index (κ3) is 4.96. The summed E-state index contributed by atoms with van der Waals surface area (Å²) in [5.41, 5.74) is 5.63. The molecule has 1 saturated carbocycles. The van der Waals surface area contributed by atoms with Crippen LogP contribution in [0.4, 0.5) is 0 Å². The summed E-state index contributed by atoms with van der Waals surface area (Å²) in [7, 11) is 4.23. The summed E-state index contributed by atoms with van der Waals surface area (Å²) in [6, 6.07) is 8.52. The van der Waals surface area contributed by atoms with E-state index in [0.717, 1.165) is 36.3 Å². The Labute approximate surface area is 174 Å². The van der Waals surface area contributed by atoms with Gasteiger partial charge < -0.3 is 10.2 Å². The van der Waals surface area contributed by atoms with Crippen molar-refractivity contribution in [2.24, 2.45) is 0 Å². The van der Waals surface area contributed by atoms with Crippen molar-refractivity contribution in [1.82, 2.24) is 20.0 Å². The van der Waals surface area contributed by atoms with Crippen LogP contribution in [0.25, 0.3) is 6.08 Å².